The van der Waals surface area contributed by atoms with Gasteiger partial charge in [-0.25, -0.2) is 0 Å². The molecule has 1 N–H and O–H groups in total. The quantitative estimate of drug-likeness (QED) is 0.823. The summed E-state index contributed by atoms with van der Waals surface area (Å²) in [6.07, 6.45) is 1.37. The number of phenolic OH excluding ortho intramolecular Hbond substituents is 1. The lowest BCUT2D eigenvalue weighted by Gasteiger charge is -2.35. The Morgan fingerprint density at radius 2 is 2.00 bits per heavy atom. The molecule has 1 saturated heterocycles. The first-order valence-electron chi connectivity index (χ1n) is 6.04. The number of rotatable bonds is 1. The molecule has 18 heavy (non-hydrogen) atoms. The SMILES string of the molecule is CC1(C#N)CCN(C(=O)c2ccccc2O)CC1. The Morgan fingerprint density at radius 1 is 1.39 bits per heavy atom. The predicted molar refractivity (Wildman–Crippen MR) is 67.0 cm³/mol. The van der Waals surface area contributed by atoms with Crippen LogP contribution in [0.4, 0.5) is 0 Å². The zero-order valence-corrected chi connectivity index (χ0v) is 10.4. The van der Waals surface area contributed by atoms with Crippen LogP contribution >= 0.6 is 0 Å². The second-order valence-corrected chi connectivity index (χ2v) is 4.98. The number of nitrogens with zero attached hydrogens (tertiary/aromatic N) is 2. The molecule has 1 aromatic carbocycles. The molecule has 0 radical (unpaired) electrons. The minimum Gasteiger partial charge on any atom is -0.507 e. The van der Waals surface area contributed by atoms with Crippen LogP contribution in [0.15, 0.2) is 24.3 Å². The molecule has 1 heterocycles. The zero-order chi connectivity index (χ0) is 13.2. The molecule has 0 saturated carbocycles. The normalized spacial score (nSPS) is 18.1. The van der Waals surface area contributed by atoms with Crippen LogP contribution in [-0.4, -0.2) is 29.0 Å². The molecule has 1 aliphatic heterocycles. The monoisotopic (exact) mass is 244 g/mol. The molecule has 0 spiro atoms. The Bertz CT molecular complexity index is 497. The van der Waals surface area contributed by atoms with Gasteiger partial charge in [-0.2, -0.15) is 5.26 Å². The van der Waals surface area contributed by atoms with E-state index in [1.807, 2.05) is 6.92 Å². The third-order valence-corrected chi connectivity index (χ3v) is 3.56. The maximum Gasteiger partial charge on any atom is 0.257 e. The van der Waals surface area contributed by atoms with Crippen molar-refractivity contribution >= 4 is 5.91 Å². The molecule has 94 valence electrons. The largest absolute Gasteiger partial charge is 0.507 e. The Labute approximate surface area is 106 Å². The van der Waals surface area contributed by atoms with Gasteiger partial charge in [-0.3, -0.25) is 4.79 Å². The van der Waals surface area contributed by atoms with E-state index < -0.39 is 0 Å². The van der Waals surface area contributed by atoms with E-state index in [4.69, 9.17) is 5.26 Å². The number of likely N-dealkylation sites (tertiary alicyclic amines) is 1. The number of hydrogen-bond donors (Lipinski definition) is 1. The Morgan fingerprint density at radius 3 is 2.56 bits per heavy atom. The number of nitriles is 1. The molecular formula is C14H16N2O2. The number of phenols is 1. The molecule has 0 atom stereocenters. The summed E-state index contributed by atoms with van der Waals surface area (Å²) >= 11 is 0. The summed E-state index contributed by atoms with van der Waals surface area (Å²) < 4.78 is 0. The van der Waals surface area contributed by atoms with Crippen molar-refractivity contribution in [2.45, 2.75) is 19.8 Å². The van der Waals surface area contributed by atoms with E-state index >= 15 is 0 Å². The van der Waals surface area contributed by atoms with Gasteiger partial charge in [-0.1, -0.05) is 12.1 Å². The fraction of sp³-hybridized carbons (Fsp3) is 0.429. The highest BCUT2D eigenvalue weighted by Gasteiger charge is 2.32. The highest BCUT2D eigenvalue weighted by molar-refractivity contribution is 5.96. The third kappa shape index (κ3) is 2.30. The molecule has 1 fully saturated rings. The van der Waals surface area contributed by atoms with E-state index in [-0.39, 0.29) is 17.1 Å². The first kappa shape index (κ1) is 12.4. The second kappa shape index (κ2) is 4.69. The van der Waals surface area contributed by atoms with Crippen LogP contribution in [0.1, 0.15) is 30.1 Å². The minimum atomic E-state index is -0.324. The molecule has 0 aliphatic carbocycles. The van der Waals surface area contributed by atoms with Crippen molar-refractivity contribution in [1.82, 2.24) is 4.90 Å². The molecule has 0 unspecified atom stereocenters. The van der Waals surface area contributed by atoms with Crippen molar-refractivity contribution in [2.75, 3.05) is 13.1 Å². The average molecular weight is 244 g/mol. The summed E-state index contributed by atoms with van der Waals surface area (Å²) in [7, 11) is 0. The maximum absolute atomic E-state index is 12.2. The molecule has 1 aliphatic rings. The molecule has 1 aromatic rings. The lowest BCUT2D eigenvalue weighted by atomic mass is 9.82. The Kier molecular flexibility index (Phi) is 3.24. The van der Waals surface area contributed by atoms with E-state index in [1.165, 1.54) is 6.07 Å². The summed E-state index contributed by atoms with van der Waals surface area (Å²) in [6, 6.07) is 8.86. The predicted octanol–water partition coefficient (Wildman–Crippen LogP) is 2.16. The molecule has 0 aromatic heterocycles. The maximum atomic E-state index is 12.2. The van der Waals surface area contributed by atoms with Gasteiger partial charge in [0.25, 0.3) is 5.91 Å². The van der Waals surface area contributed by atoms with Crippen LogP contribution in [0, 0.1) is 16.7 Å². The van der Waals surface area contributed by atoms with E-state index in [0.29, 0.717) is 31.5 Å². The second-order valence-electron chi connectivity index (χ2n) is 4.98. The van der Waals surface area contributed by atoms with Crippen molar-refractivity contribution in [2.24, 2.45) is 5.41 Å². The van der Waals surface area contributed by atoms with Crippen LogP contribution in [0.3, 0.4) is 0 Å². The molecule has 4 nitrogen and oxygen atoms in total. The molecule has 0 bridgehead atoms. The summed E-state index contributed by atoms with van der Waals surface area (Å²) in [6.45, 7) is 3.06. The van der Waals surface area contributed by atoms with Crippen LogP contribution in [-0.2, 0) is 0 Å². The number of para-hydroxylation sites is 1. The zero-order valence-electron chi connectivity index (χ0n) is 10.4. The first-order chi connectivity index (χ1) is 8.56. The Balaban J connectivity index is 2.10. The molecular weight excluding hydrogens is 228 g/mol. The van der Waals surface area contributed by atoms with Gasteiger partial charge < -0.3 is 10.0 Å². The number of carbonyl (C=O) groups excluding carboxylic acids is 1. The van der Waals surface area contributed by atoms with Crippen LogP contribution in [0.5, 0.6) is 5.75 Å². The van der Waals surface area contributed by atoms with Gasteiger partial charge >= 0.3 is 0 Å². The topological polar surface area (TPSA) is 64.3 Å². The van der Waals surface area contributed by atoms with Gasteiger partial charge in [-0.05, 0) is 31.9 Å². The van der Waals surface area contributed by atoms with E-state index in [2.05, 4.69) is 6.07 Å². The number of aromatic hydroxyl groups is 1. The standard InChI is InChI=1S/C14H16N2O2/c1-14(10-15)6-8-16(9-7-14)13(18)11-4-2-3-5-12(11)17/h2-5,17H,6-9H2,1H3. The summed E-state index contributed by atoms with van der Waals surface area (Å²) in [5.41, 5.74) is 0.00764. The molecule has 2 rings (SSSR count). The van der Waals surface area contributed by atoms with Crippen molar-refractivity contribution in [3.8, 4) is 11.8 Å². The van der Waals surface area contributed by atoms with Gasteiger partial charge in [-0.15, -0.1) is 0 Å². The number of amides is 1. The smallest absolute Gasteiger partial charge is 0.257 e. The number of benzene rings is 1. The minimum absolute atomic E-state index is 0.0103. The lowest BCUT2D eigenvalue weighted by Crippen LogP contribution is -2.41. The summed E-state index contributed by atoms with van der Waals surface area (Å²) in [5, 5.41) is 18.7. The highest BCUT2D eigenvalue weighted by Crippen LogP contribution is 2.31. The van der Waals surface area contributed by atoms with Gasteiger partial charge in [0.15, 0.2) is 0 Å². The van der Waals surface area contributed by atoms with Gasteiger partial charge in [0, 0.05) is 13.1 Å². The van der Waals surface area contributed by atoms with Gasteiger partial charge in [0.1, 0.15) is 5.75 Å². The van der Waals surface area contributed by atoms with E-state index in [0.717, 1.165) is 0 Å². The molecule has 1 amide bonds. The Hall–Kier alpha value is -2.02. The number of hydrogen-bond acceptors (Lipinski definition) is 3. The highest BCUT2D eigenvalue weighted by atomic mass is 16.3. The van der Waals surface area contributed by atoms with Crippen molar-refractivity contribution < 1.29 is 9.90 Å². The number of piperidine rings is 1. The van der Waals surface area contributed by atoms with Crippen LogP contribution in [0.2, 0.25) is 0 Å². The van der Waals surface area contributed by atoms with E-state index in [1.54, 1.807) is 23.1 Å². The fourth-order valence-electron chi connectivity index (χ4n) is 2.14. The molecule has 4 heteroatoms. The van der Waals surface area contributed by atoms with E-state index in [9.17, 15) is 9.90 Å². The third-order valence-electron chi connectivity index (χ3n) is 3.56. The van der Waals surface area contributed by atoms with Crippen molar-refractivity contribution in [3.05, 3.63) is 29.8 Å². The van der Waals surface area contributed by atoms with Crippen LogP contribution in [0.25, 0.3) is 0 Å². The average Bonchev–Trinajstić information content (AvgIpc) is 2.39. The van der Waals surface area contributed by atoms with Gasteiger partial charge in [0.05, 0.1) is 17.0 Å². The first-order valence-corrected chi connectivity index (χ1v) is 6.04. The lowest BCUT2D eigenvalue weighted by molar-refractivity contribution is 0.0659. The van der Waals surface area contributed by atoms with Crippen molar-refractivity contribution in [1.29, 1.82) is 5.26 Å². The van der Waals surface area contributed by atoms with Crippen LogP contribution < -0.4 is 0 Å². The fourth-order valence-corrected chi connectivity index (χ4v) is 2.14. The van der Waals surface area contributed by atoms with Crippen molar-refractivity contribution in [3.63, 3.8) is 0 Å². The van der Waals surface area contributed by atoms with Gasteiger partial charge in [0.2, 0.25) is 0 Å². The number of carbonyl (C=O) groups is 1. The summed E-state index contributed by atoms with van der Waals surface area (Å²) in [5.74, 6) is -0.149. The summed E-state index contributed by atoms with van der Waals surface area (Å²) in [4.78, 5) is 13.9.